The Hall–Kier alpha value is 0.279. The van der Waals surface area contributed by atoms with E-state index in [0.717, 1.165) is 0 Å². The Morgan fingerprint density at radius 1 is 0.900 bits per heavy atom. The number of hydrogen-bond donors (Lipinski definition) is 0. The van der Waals surface area contributed by atoms with Gasteiger partial charge >= 0.3 is 0 Å². The quantitative estimate of drug-likeness (QED) is 0.380. The fourth-order valence-corrected chi connectivity index (χ4v) is 0.491. The average molecular weight is 407 g/mol. The van der Waals surface area contributed by atoms with Gasteiger partial charge in [-0.2, -0.15) is 0 Å². The van der Waals surface area contributed by atoms with Crippen LogP contribution in [0.2, 0.25) is 0 Å². The number of unbranched alkanes of at least 4 members (excludes halogenated alkanes) is 3. The molecule has 0 spiro atoms. The first-order valence-corrected chi connectivity index (χ1v) is 8.11. The minimum atomic E-state index is 0. The van der Waals surface area contributed by atoms with Crippen molar-refractivity contribution in [3.63, 3.8) is 0 Å². The second kappa shape index (κ2) is 31.6. The number of aliphatic imine (C=N–C) groups is 1. The SMILES string of the molecule is CCCC.CCCC.CCCC.ClC1=C=CC=NC1.[Sn]. The summed E-state index contributed by atoms with van der Waals surface area (Å²) in [6, 6.07) is 0. The minimum absolute atomic E-state index is 0. The van der Waals surface area contributed by atoms with Crippen LogP contribution >= 0.6 is 11.6 Å². The van der Waals surface area contributed by atoms with Crippen molar-refractivity contribution >= 4 is 41.7 Å². The van der Waals surface area contributed by atoms with E-state index in [2.05, 4.69) is 52.3 Å². The van der Waals surface area contributed by atoms with Gasteiger partial charge in [0.05, 0.1) is 11.6 Å². The number of halogens is 1. The molecule has 0 bridgehead atoms. The fourth-order valence-electron chi connectivity index (χ4n) is 0.359. The molecule has 1 rings (SSSR count). The zero-order valence-corrected chi connectivity index (χ0v) is 18.0. The summed E-state index contributed by atoms with van der Waals surface area (Å²) in [7, 11) is 0. The molecule has 0 saturated heterocycles. The molecule has 0 atom stereocenters. The summed E-state index contributed by atoms with van der Waals surface area (Å²) in [6.07, 6.45) is 11.3. The maximum Gasteiger partial charge on any atom is 0.0820 e. The third kappa shape index (κ3) is 42.9. The Morgan fingerprint density at radius 2 is 1.25 bits per heavy atom. The summed E-state index contributed by atoms with van der Waals surface area (Å²) in [5.41, 5.74) is 2.79. The summed E-state index contributed by atoms with van der Waals surface area (Å²) >= 11 is 5.48. The van der Waals surface area contributed by atoms with Gasteiger partial charge in [0.25, 0.3) is 0 Å². The smallest absolute Gasteiger partial charge is 0.0820 e. The molecule has 1 heterocycles. The van der Waals surface area contributed by atoms with Gasteiger partial charge in [0.15, 0.2) is 0 Å². The van der Waals surface area contributed by atoms with Crippen LogP contribution in [0.5, 0.6) is 0 Å². The van der Waals surface area contributed by atoms with Crippen molar-refractivity contribution in [3.8, 4) is 0 Å². The van der Waals surface area contributed by atoms with Crippen LogP contribution in [-0.2, 0) is 0 Å². The number of hydrogen-bond acceptors (Lipinski definition) is 1. The Labute approximate surface area is 149 Å². The van der Waals surface area contributed by atoms with Crippen LogP contribution < -0.4 is 0 Å². The van der Waals surface area contributed by atoms with Crippen LogP contribution in [0, 0.1) is 0 Å². The zero-order valence-electron chi connectivity index (χ0n) is 14.4. The topological polar surface area (TPSA) is 12.4 Å². The van der Waals surface area contributed by atoms with Gasteiger partial charge in [-0.1, -0.05) is 91.7 Å². The molecule has 1 nitrogen and oxygen atoms in total. The van der Waals surface area contributed by atoms with Crippen LogP contribution in [-0.4, -0.2) is 36.7 Å². The van der Waals surface area contributed by atoms with E-state index in [1.807, 2.05) is 0 Å². The first-order chi connectivity index (χ1) is 9.14. The largest absolute Gasteiger partial charge is 0.286 e. The summed E-state index contributed by atoms with van der Waals surface area (Å²) < 4.78 is 0. The van der Waals surface area contributed by atoms with Gasteiger partial charge in [-0.05, 0) is 6.08 Å². The van der Waals surface area contributed by atoms with E-state index < -0.39 is 0 Å². The zero-order chi connectivity index (χ0) is 15.4. The second-order valence-corrected chi connectivity index (χ2v) is 4.66. The molecular weight excluding hydrogens is 372 g/mol. The van der Waals surface area contributed by atoms with Crippen molar-refractivity contribution < 1.29 is 0 Å². The van der Waals surface area contributed by atoms with Crippen molar-refractivity contribution in [1.29, 1.82) is 0 Å². The van der Waals surface area contributed by atoms with Crippen LogP contribution in [0.25, 0.3) is 0 Å². The summed E-state index contributed by atoms with van der Waals surface area (Å²) in [5.74, 6) is 0. The molecular formula is C17H34ClNSn. The predicted octanol–water partition coefficient (Wildman–Crippen LogP) is 6.39. The molecule has 0 aliphatic carbocycles. The van der Waals surface area contributed by atoms with Crippen LogP contribution in [0.1, 0.15) is 80.1 Å². The summed E-state index contributed by atoms with van der Waals surface area (Å²) in [6.45, 7) is 13.7. The average Bonchev–Trinajstić information content (AvgIpc) is 2.48. The van der Waals surface area contributed by atoms with E-state index in [9.17, 15) is 0 Å². The first-order valence-electron chi connectivity index (χ1n) is 7.73. The summed E-state index contributed by atoms with van der Waals surface area (Å²) in [5, 5.41) is 0.683. The van der Waals surface area contributed by atoms with E-state index in [0.29, 0.717) is 11.6 Å². The number of rotatable bonds is 3. The Kier molecular flexibility index (Phi) is 44.9. The third-order valence-electron chi connectivity index (χ3n) is 2.15. The van der Waals surface area contributed by atoms with Gasteiger partial charge in [-0.3, -0.25) is 4.99 Å². The Bertz CT molecular complexity index is 216. The maximum absolute atomic E-state index is 5.48. The molecule has 0 aromatic carbocycles. The second-order valence-electron chi connectivity index (χ2n) is 4.21. The molecule has 1 aliphatic heterocycles. The maximum atomic E-state index is 5.48. The summed E-state index contributed by atoms with van der Waals surface area (Å²) in [4.78, 5) is 3.85. The van der Waals surface area contributed by atoms with Crippen molar-refractivity contribution in [1.82, 2.24) is 0 Å². The molecule has 0 N–H and O–H groups in total. The van der Waals surface area contributed by atoms with E-state index in [1.165, 1.54) is 38.5 Å². The van der Waals surface area contributed by atoms with Gasteiger partial charge < -0.3 is 0 Å². The first kappa shape index (κ1) is 28.4. The van der Waals surface area contributed by atoms with E-state index in [4.69, 9.17) is 11.6 Å². The van der Waals surface area contributed by atoms with Gasteiger partial charge in [0.2, 0.25) is 0 Å². The Morgan fingerprint density at radius 3 is 1.35 bits per heavy atom. The van der Waals surface area contributed by atoms with E-state index in [1.54, 1.807) is 12.3 Å². The van der Waals surface area contributed by atoms with Crippen molar-refractivity contribution in [3.05, 3.63) is 16.8 Å². The molecule has 4 radical (unpaired) electrons. The monoisotopic (exact) mass is 407 g/mol. The minimum Gasteiger partial charge on any atom is -0.286 e. The molecule has 0 amide bonds. The van der Waals surface area contributed by atoms with Gasteiger partial charge in [-0.15, -0.1) is 5.73 Å². The molecule has 3 heteroatoms. The number of nitrogens with zero attached hydrogens (tertiary/aromatic N) is 1. The van der Waals surface area contributed by atoms with Crippen molar-refractivity contribution in [2.24, 2.45) is 4.99 Å². The molecule has 0 aromatic rings. The fraction of sp³-hybridized carbons (Fsp3) is 0.765. The van der Waals surface area contributed by atoms with E-state index >= 15 is 0 Å². The third-order valence-corrected chi connectivity index (χ3v) is 2.38. The van der Waals surface area contributed by atoms with Crippen molar-refractivity contribution in [2.75, 3.05) is 6.54 Å². The molecule has 0 aromatic heterocycles. The van der Waals surface area contributed by atoms with Crippen LogP contribution in [0.3, 0.4) is 0 Å². The molecule has 20 heavy (non-hydrogen) atoms. The molecule has 0 saturated carbocycles. The van der Waals surface area contributed by atoms with E-state index in [-0.39, 0.29) is 23.9 Å². The van der Waals surface area contributed by atoms with Crippen molar-refractivity contribution in [2.45, 2.75) is 80.1 Å². The van der Waals surface area contributed by atoms with Gasteiger partial charge in [0.1, 0.15) is 0 Å². The molecule has 1 aliphatic rings. The van der Waals surface area contributed by atoms with Gasteiger partial charge in [0, 0.05) is 30.1 Å². The normalized spacial score (nSPS) is 10.4. The molecule has 0 fully saturated rings. The van der Waals surface area contributed by atoms with Crippen LogP contribution in [0.4, 0.5) is 0 Å². The molecule has 0 unspecified atom stereocenters. The van der Waals surface area contributed by atoms with Crippen LogP contribution in [0.15, 0.2) is 21.8 Å². The standard InChI is InChI=1S/C5H4ClN.3C4H10.Sn/c6-5-2-1-3-7-4-5;3*1-3-4-2;/h1,3H,4H2;3*3-4H2,1-2H3;. The predicted molar refractivity (Wildman–Crippen MR) is 98.3 cm³/mol. The Balaban J connectivity index is -0.0000000881. The molecule has 118 valence electrons. The van der Waals surface area contributed by atoms with Gasteiger partial charge in [-0.25, -0.2) is 0 Å².